The zero-order valence-corrected chi connectivity index (χ0v) is 34.2. The van der Waals surface area contributed by atoms with E-state index >= 15 is 8.78 Å². The average molecular weight is 884 g/mol. The van der Waals surface area contributed by atoms with Gasteiger partial charge in [-0.15, -0.1) is 0 Å². The Morgan fingerprint density at radius 3 is 2.35 bits per heavy atom. The minimum atomic E-state index is -5.13. The number of nitrogens with zero attached hydrogens (tertiary/aromatic N) is 5. The van der Waals surface area contributed by atoms with Gasteiger partial charge in [0.1, 0.15) is 35.2 Å². The summed E-state index contributed by atoms with van der Waals surface area (Å²) in [6.45, 7) is 2.34. The van der Waals surface area contributed by atoms with Crippen molar-refractivity contribution in [3.63, 3.8) is 0 Å². The molecule has 1 aliphatic carbocycles. The molecule has 0 aliphatic heterocycles. The molecule has 0 radical (unpaired) electrons. The van der Waals surface area contributed by atoms with Gasteiger partial charge < -0.3 is 15.2 Å². The van der Waals surface area contributed by atoms with Crippen LogP contribution in [0.3, 0.4) is 0 Å². The fourth-order valence-electron chi connectivity index (χ4n) is 7.31. The number of methoxy groups -OCH3 is 1. The Balaban J connectivity index is 1.56. The number of hydrogen-bond acceptors (Lipinski definition) is 8. The van der Waals surface area contributed by atoms with E-state index in [1.54, 1.807) is 0 Å². The zero-order valence-electron chi connectivity index (χ0n) is 32.6. The molecule has 60 heavy (non-hydrogen) atoms. The number of carbonyl (C=O) groups excluding carboxylic acids is 1. The molecular formula is C39H37ClF7N7O5S. The summed E-state index contributed by atoms with van der Waals surface area (Å²) in [6.07, 6.45) is -4.66. The van der Waals surface area contributed by atoms with Crippen LogP contribution < -0.4 is 10.0 Å². The second-order valence-electron chi connectivity index (χ2n) is 14.8. The van der Waals surface area contributed by atoms with Gasteiger partial charge in [-0.2, -0.15) is 32.1 Å². The normalized spacial score (nSPS) is 17.8. The van der Waals surface area contributed by atoms with Gasteiger partial charge in [0.15, 0.2) is 11.5 Å². The van der Waals surface area contributed by atoms with Gasteiger partial charge in [-0.25, -0.2) is 22.2 Å². The summed E-state index contributed by atoms with van der Waals surface area (Å²) in [5.41, 5.74) is -4.40. The number of carbonyl (C=O) groups is 1. The maximum atomic E-state index is 15.6. The van der Waals surface area contributed by atoms with Gasteiger partial charge >= 0.3 is 6.18 Å². The summed E-state index contributed by atoms with van der Waals surface area (Å²) in [5.74, 6) is -4.52. The van der Waals surface area contributed by atoms with E-state index in [0.717, 1.165) is 25.3 Å². The number of aliphatic hydroxyl groups is 1. The molecule has 3 aromatic heterocycles. The molecule has 4 atom stereocenters. The van der Waals surface area contributed by atoms with Crippen LogP contribution >= 0.6 is 11.6 Å². The number of halogens is 8. The monoisotopic (exact) mass is 883 g/mol. The largest absolute Gasteiger partial charge is 0.435 e. The number of rotatable bonds is 11. The fraction of sp³-hybridized carbons (Fsp3) is 0.385. The highest BCUT2D eigenvalue weighted by molar-refractivity contribution is 7.92. The number of ether oxygens (including phenoxy) is 1. The smallest absolute Gasteiger partial charge is 0.381 e. The molecule has 6 rings (SSSR count). The lowest BCUT2D eigenvalue weighted by Crippen LogP contribution is -2.35. The van der Waals surface area contributed by atoms with Gasteiger partial charge in [0, 0.05) is 42.8 Å². The van der Waals surface area contributed by atoms with Crippen LogP contribution in [0.4, 0.5) is 36.6 Å². The van der Waals surface area contributed by atoms with E-state index in [1.807, 2.05) is 0 Å². The van der Waals surface area contributed by atoms with E-state index < -0.39 is 93.1 Å². The molecule has 1 aliphatic rings. The number of aryl methyl sites for hydroxylation is 1. The first-order valence-corrected chi connectivity index (χ1v) is 20.3. The molecular weight excluding hydrogens is 847 g/mol. The number of nitrogens with one attached hydrogen (secondary N) is 2. The third-order valence-corrected chi connectivity index (χ3v) is 10.9. The lowest BCUT2D eigenvalue weighted by atomic mass is 9.93. The summed E-state index contributed by atoms with van der Waals surface area (Å²) < 4.78 is 136. The van der Waals surface area contributed by atoms with Crippen LogP contribution in [0.2, 0.25) is 5.02 Å². The van der Waals surface area contributed by atoms with Crippen molar-refractivity contribution in [3.8, 4) is 23.0 Å². The fourth-order valence-corrected chi connectivity index (χ4v) is 8.05. The van der Waals surface area contributed by atoms with Crippen molar-refractivity contribution in [3.05, 3.63) is 93.0 Å². The Labute approximate surface area is 344 Å². The van der Waals surface area contributed by atoms with E-state index in [9.17, 15) is 40.3 Å². The Bertz CT molecular complexity index is 2670. The Morgan fingerprint density at radius 2 is 1.73 bits per heavy atom. The van der Waals surface area contributed by atoms with Gasteiger partial charge in [-0.1, -0.05) is 37.4 Å². The van der Waals surface area contributed by atoms with Crippen LogP contribution in [-0.2, 0) is 51.7 Å². The van der Waals surface area contributed by atoms with Crippen LogP contribution in [0, 0.1) is 29.4 Å². The van der Waals surface area contributed by atoms with Gasteiger partial charge in [0.25, 0.3) is 5.92 Å². The number of alkyl halides is 5. The molecule has 1 unspecified atom stereocenters. The summed E-state index contributed by atoms with van der Waals surface area (Å²) in [6, 6.07) is 7.02. The van der Waals surface area contributed by atoms with Crippen molar-refractivity contribution in [1.82, 2.24) is 29.9 Å². The number of amides is 1. The topological polar surface area (TPSA) is 153 Å². The van der Waals surface area contributed by atoms with Crippen molar-refractivity contribution >= 4 is 44.3 Å². The number of anilines is 1. The predicted octanol–water partition coefficient (Wildman–Crippen LogP) is 6.85. The second kappa shape index (κ2) is 16.0. The van der Waals surface area contributed by atoms with E-state index in [4.69, 9.17) is 16.3 Å². The van der Waals surface area contributed by atoms with Crippen LogP contribution in [0.25, 0.3) is 22.0 Å². The van der Waals surface area contributed by atoms with E-state index in [1.165, 1.54) is 57.0 Å². The van der Waals surface area contributed by atoms with E-state index in [2.05, 4.69) is 37.1 Å². The van der Waals surface area contributed by atoms with Crippen molar-refractivity contribution in [2.45, 2.75) is 63.4 Å². The summed E-state index contributed by atoms with van der Waals surface area (Å²) >= 11 is 6.58. The van der Waals surface area contributed by atoms with Gasteiger partial charge in [-0.3, -0.25) is 18.9 Å². The summed E-state index contributed by atoms with van der Waals surface area (Å²) in [5, 5.41) is 21.3. The van der Waals surface area contributed by atoms with Crippen LogP contribution in [0.15, 0.2) is 42.5 Å². The lowest BCUT2D eigenvalue weighted by Gasteiger charge is -2.23. The number of benzene rings is 2. The number of hydrogen-bond donors (Lipinski definition) is 3. The molecule has 12 nitrogen and oxygen atoms in total. The minimum Gasteiger partial charge on any atom is -0.381 e. The SMILES string of the molecule is COCC(C)(O)C#Cc1ccc(-c2ccc(Cl)c3c(NS(C)(=O)=O)nn(C)c23)c([C@H](Cc2cc(F)cc(F)c2)NC(=O)Cn2nc(C(F)(F)F)c3c2C(F)(F)[C@H](C)[C@@H]3C)n1. The highest BCUT2D eigenvalue weighted by atomic mass is 35.5. The van der Waals surface area contributed by atoms with Gasteiger partial charge in [-0.05, 0) is 61.1 Å². The highest BCUT2D eigenvalue weighted by Gasteiger charge is 2.57. The first-order valence-electron chi connectivity index (χ1n) is 18.0. The molecule has 3 heterocycles. The Hall–Kier alpha value is -5.23. The molecule has 21 heteroatoms. The third kappa shape index (κ3) is 8.94. The van der Waals surface area contributed by atoms with Crippen molar-refractivity contribution in [1.29, 1.82) is 0 Å². The molecule has 0 fully saturated rings. The first-order chi connectivity index (χ1) is 27.8. The van der Waals surface area contributed by atoms with E-state index in [0.29, 0.717) is 10.7 Å². The van der Waals surface area contributed by atoms with Crippen LogP contribution in [-0.4, -0.2) is 69.5 Å². The van der Waals surface area contributed by atoms with Gasteiger partial charge in [0.2, 0.25) is 15.9 Å². The maximum Gasteiger partial charge on any atom is 0.435 e. The number of pyridine rings is 1. The first kappa shape index (κ1) is 44.3. The second-order valence-corrected chi connectivity index (χ2v) is 17.0. The van der Waals surface area contributed by atoms with Crippen molar-refractivity contribution in [2.24, 2.45) is 13.0 Å². The van der Waals surface area contributed by atoms with Gasteiger partial charge in [0.05, 0.1) is 40.5 Å². The van der Waals surface area contributed by atoms with E-state index in [-0.39, 0.29) is 56.4 Å². The predicted molar refractivity (Wildman–Crippen MR) is 206 cm³/mol. The number of sulfonamides is 1. The lowest BCUT2D eigenvalue weighted by molar-refractivity contribution is -0.143. The quantitative estimate of drug-likeness (QED) is 0.0963. The van der Waals surface area contributed by atoms with Crippen LogP contribution in [0.1, 0.15) is 66.6 Å². The van der Waals surface area contributed by atoms with Crippen molar-refractivity contribution < 1.29 is 53.8 Å². The molecule has 0 bridgehead atoms. The molecule has 0 saturated heterocycles. The summed E-state index contributed by atoms with van der Waals surface area (Å²) in [4.78, 5) is 18.7. The molecule has 0 saturated carbocycles. The Kier molecular flexibility index (Phi) is 11.8. The third-order valence-electron chi connectivity index (χ3n) is 9.99. The maximum absolute atomic E-state index is 15.6. The molecule has 5 aromatic rings. The zero-order chi connectivity index (χ0) is 44.3. The number of aromatic nitrogens is 5. The standard InChI is InChI=1S/C39H37ClF7N7O5S/c1-19-20(2)38(43,44)35-30(19)34(39(45,46)47)50-54(35)17-29(55)49-28(15-21-13-22(41)16-23(42)14-21)32-25(8-7-24(48-32)11-12-37(3,56)18-59-5)26-9-10-27(40)31-33(26)53(4)51-36(31)52-60(6,57)58/h7-10,13-14,16,19-20,28,56H,15,17-18H2,1-6H3,(H,49,55)(H,51,52)/t19-,20+,28-,37?/m0/s1. The molecule has 1 amide bonds. The summed E-state index contributed by atoms with van der Waals surface area (Å²) in [7, 11) is -1.04. The molecule has 320 valence electrons. The number of fused-ring (bicyclic) bond motifs is 2. The van der Waals surface area contributed by atoms with Crippen molar-refractivity contribution in [2.75, 3.05) is 24.7 Å². The molecule has 2 aromatic carbocycles. The highest BCUT2D eigenvalue weighted by Crippen LogP contribution is 2.55. The molecule has 3 N–H and O–H groups in total. The Morgan fingerprint density at radius 1 is 1.08 bits per heavy atom. The van der Waals surface area contributed by atoms with Crippen LogP contribution in [0.5, 0.6) is 0 Å². The minimum absolute atomic E-state index is 0.00761. The molecule has 0 spiro atoms. The average Bonchev–Trinajstić information content (AvgIpc) is 3.72.